The lowest BCUT2D eigenvalue weighted by atomic mass is 9.76. The minimum Gasteiger partial charge on any atom is -0.744 e. The van der Waals surface area contributed by atoms with Crippen LogP contribution in [0.1, 0.15) is 76.8 Å². The first-order chi connectivity index (χ1) is 29.7. The molecular weight excluding hydrogens is 881 g/mol. The summed E-state index contributed by atoms with van der Waals surface area (Å²) in [6.45, 7) is 9.35. The molecule has 0 saturated carbocycles. The maximum atomic E-state index is 12.2. The van der Waals surface area contributed by atoms with Gasteiger partial charge in [0, 0.05) is 67.6 Å². The van der Waals surface area contributed by atoms with E-state index < -0.39 is 57.8 Å². The molecule has 0 amide bonds. The summed E-state index contributed by atoms with van der Waals surface area (Å²) in [6.07, 6.45) is 11.3. The molecule has 0 aliphatic carbocycles. The van der Waals surface area contributed by atoms with Gasteiger partial charge in [-0.2, -0.15) is 13.0 Å². The number of methoxy groups -OCH3 is 1. The standard InChI is InChI=1S/C43H60N2O15S3/c1-5-44-37-18-16-33(62(51,52)53)31-35(37)43(3,21-23-58-26-27-60-29-28-59-25-24-57-4)39(44)13-8-6-9-14-40-42(2,20-12-30-61(48,49)50)36-32-34(63(54,55)56)17-19-38(36)45(40)22-11-7-10-15-41(46)47/h6,8-9,13-14,16-19,31-32H,5,7,10-12,15,20-30H2,1-4H3,(H3-,46,47,48,49,50,51,52,53,54,55,56)/p-1. The number of unbranched alkanes of at least 4 members (excludes halogenated alkanes) is 2. The summed E-state index contributed by atoms with van der Waals surface area (Å²) in [5.41, 5.74) is 2.19. The molecule has 2 aromatic carbocycles. The Morgan fingerprint density at radius 3 is 1.95 bits per heavy atom. The summed E-state index contributed by atoms with van der Waals surface area (Å²) in [6, 6.07) is 8.43. The summed E-state index contributed by atoms with van der Waals surface area (Å²) in [5, 5.41) is 9.13. The van der Waals surface area contributed by atoms with Gasteiger partial charge in [-0.15, -0.1) is 0 Å². The third kappa shape index (κ3) is 14.1. The van der Waals surface area contributed by atoms with Crippen LogP contribution in [0.4, 0.5) is 11.4 Å². The smallest absolute Gasteiger partial charge is 0.303 e. The predicted octanol–water partition coefficient (Wildman–Crippen LogP) is 5.04. The first-order valence-corrected chi connectivity index (χ1v) is 25.2. The van der Waals surface area contributed by atoms with Crippen LogP contribution in [0.2, 0.25) is 0 Å². The monoisotopic (exact) mass is 939 g/mol. The van der Waals surface area contributed by atoms with Crippen molar-refractivity contribution >= 4 is 53.4 Å². The number of nitrogens with zero attached hydrogens (tertiary/aromatic N) is 2. The van der Waals surface area contributed by atoms with E-state index in [0.717, 1.165) is 11.4 Å². The fourth-order valence-corrected chi connectivity index (χ4v) is 9.63. The second-order valence-electron chi connectivity index (χ2n) is 15.7. The predicted molar refractivity (Wildman–Crippen MR) is 233 cm³/mol. The molecule has 350 valence electrons. The SMILES string of the molecule is CCN1/C(=C/C=C/C=C/C2=[N+](CCCCCC(=O)O)c3ccc(S(=O)(=O)[O-])cc3C2(C)CCCS(=O)(=O)O)C(C)(CCOCCOCCOCCOC)c2cc(S(=O)(=O)[O-])ccc21. The van der Waals surface area contributed by atoms with Crippen molar-refractivity contribution in [2.24, 2.45) is 0 Å². The van der Waals surface area contributed by atoms with Gasteiger partial charge in [0.15, 0.2) is 5.71 Å². The number of ether oxygens (including phenoxy) is 4. The molecule has 17 nitrogen and oxygen atoms in total. The van der Waals surface area contributed by atoms with E-state index in [2.05, 4.69) is 0 Å². The van der Waals surface area contributed by atoms with Crippen molar-refractivity contribution < 1.29 is 72.3 Å². The molecule has 0 bridgehead atoms. The summed E-state index contributed by atoms with van der Waals surface area (Å²) < 4.78 is 130. The average molecular weight is 940 g/mol. The second kappa shape index (κ2) is 22.9. The molecule has 2 aromatic rings. The van der Waals surface area contributed by atoms with Crippen LogP contribution in [-0.4, -0.2) is 132 Å². The summed E-state index contributed by atoms with van der Waals surface area (Å²) in [4.78, 5) is 12.4. The number of anilines is 1. The average Bonchev–Trinajstić information content (AvgIpc) is 3.58. The van der Waals surface area contributed by atoms with E-state index in [4.69, 9.17) is 24.1 Å². The molecule has 0 fully saturated rings. The number of carbonyl (C=O) groups is 1. The highest BCUT2D eigenvalue weighted by Gasteiger charge is 2.48. The Hall–Kier alpha value is -3.83. The van der Waals surface area contributed by atoms with Crippen LogP contribution < -0.4 is 4.90 Å². The van der Waals surface area contributed by atoms with Gasteiger partial charge in [0.25, 0.3) is 10.1 Å². The Kier molecular flexibility index (Phi) is 18.8. The van der Waals surface area contributed by atoms with Gasteiger partial charge in [0.05, 0.1) is 60.6 Å². The van der Waals surface area contributed by atoms with Crippen LogP contribution >= 0.6 is 0 Å². The number of carboxylic acids is 1. The van der Waals surface area contributed by atoms with Gasteiger partial charge in [-0.05, 0) is 94.8 Å². The number of fused-ring (bicyclic) bond motifs is 2. The quantitative estimate of drug-likeness (QED) is 0.0491. The van der Waals surface area contributed by atoms with E-state index in [0.29, 0.717) is 101 Å². The molecule has 2 aliphatic rings. The van der Waals surface area contributed by atoms with Crippen molar-refractivity contribution in [2.45, 2.75) is 86.3 Å². The molecule has 0 aromatic heterocycles. The van der Waals surface area contributed by atoms with Gasteiger partial charge in [0.2, 0.25) is 5.69 Å². The highest BCUT2D eigenvalue weighted by Crippen LogP contribution is 2.50. The Labute approximate surface area is 371 Å². The van der Waals surface area contributed by atoms with Gasteiger partial charge >= 0.3 is 5.97 Å². The van der Waals surface area contributed by atoms with E-state index in [9.17, 15) is 43.7 Å². The van der Waals surface area contributed by atoms with Gasteiger partial charge in [0.1, 0.15) is 26.8 Å². The molecule has 63 heavy (non-hydrogen) atoms. The maximum absolute atomic E-state index is 12.2. The molecule has 0 radical (unpaired) electrons. The molecular formula is C43H59N2O15S3-. The van der Waals surface area contributed by atoms with Crippen LogP contribution in [0, 0.1) is 0 Å². The number of hydrogen-bond acceptors (Lipinski definition) is 14. The van der Waals surface area contributed by atoms with E-state index in [1.807, 2.05) is 48.5 Å². The van der Waals surface area contributed by atoms with Crippen molar-refractivity contribution in [3.05, 3.63) is 83.6 Å². The highest BCUT2D eigenvalue weighted by molar-refractivity contribution is 7.86. The maximum Gasteiger partial charge on any atom is 0.303 e. The number of rotatable bonds is 28. The van der Waals surface area contributed by atoms with Crippen LogP contribution in [0.5, 0.6) is 0 Å². The Balaban J connectivity index is 1.68. The molecule has 0 saturated heterocycles. The van der Waals surface area contributed by atoms with Gasteiger partial charge in [-0.3, -0.25) is 9.35 Å². The molecule has 4 rings (SSSR count). The Morgan fingerprint density at radius 2 is 1.37 bits per heavy atom. The minimum absolute atomic E-state index is 0.00157. The van der Waals surface area contributed by atoms with E-state index in [1.54, 1.807) is 31.4 Å². The van der Waals surface area contributed by atoms with Crippen LogP contribution in [0.25, 0.3) is 0 Å². The minimum atomic E-state index is -4.86. The normalized spacial score (nSPS) is 19.9. The molecule has 2 atom stereocenters. The number of likely N-dealkylation sites (N-methyl/N-ethyl adjacent to an activating group) is 1. The molecule has 2 aliphatic heterocycles. The van der Waals surface area contributed by atoms with Gasteiger partial charge in [-0.1, -0.05) is 18.2 Å². The zero-order chi connectivity index (χ0) is 46.5. The van der Waals surface area contributed by atoms with Crippen molar-refractivity contribution in [1.82, 2.24) is 0 Å². The van der Waals surface area contributed by atoms with Crippen LogP contribution in [0.3, 0.4) is 0 Å². The molecule has 2 heterocycles. The van der Waals surface area contributed by atoms with E-state index in [-0.39, 0.29) is 30.8 Å². The first-order valence-electron chi connectivity index (χ1n) is 20.8. The topological polar surface area (TPSA) is 249 Å². The van der Waals surface area contributed by atoms with E-state index in [1.165, 1.54) is 24.3 Å². The second-order valence-corrected chi connectivity index (χ2v) is 20.0. The lowest BCUT2D eigenvalue weighted by Crippen LogP contribution is -2.32. The molecule has 2 N–H and O–H groups in total. The third-order valence-corrected chi connectivity index (χ3v) is 13.8. The number of allylic oxidation sites excluding steroid dienone is 6. The van der Waals surface area contributed by atoms with E-state index >= 15 is 0 Å². The van der Waals surface area contributed by atoms with Crippen molar-refractivity contribution in [1.29, 1.82) is 0 Å². The number of aliphatic carboxylic acids is 1. The van der Waals surface area contributed by atoms with Gasteiger partial charge in [-0.25, -0.2) is 16.8 Å². The first kappa shape index (κ1) is 51.8. The highest BCUT2D eigenvalue weighted by atomic mass is 32.2. The summed E-state index contributed by atoms with van der Waals surface area (Å²) >= 11 is 0. The largest absolute Gasteiger partial charge is 0.744 e. The Bertz CT molecular complexity index is 2380. The summed E-state index contributed by atoms with van der Waals surface area (Å²) in [5.74, 6) is -1.45. The van der Waals surface area contributed by atoms with Crippen molar-refractivity contribution in [2.75, 3.05) is 77.1 Å². The molecule has 20 heteroatoms. The fraction of sp³-hybridized carbons (Fsp3) is 0.535. The van der Waals surface area contributed by atoms with Crippen LogP contribution in [-0.2, 0) is 64.9 Å². The zero-order valence-electron chi connectivity index (χ0n) is 36.2. The van der Waals surface area contributed by atoms with Crippen molar-refractivity contribution in [3.63, 3.8) is 0 Å². The third-order valence-electron chi connectivity index (χ3n) is 11.3. The van der Waals surface area contributed by atoms with Gasteiger partial charge < -0.3 is 38.1 Å². The zero-order valence-corrected chi connectivity index (χ0v) is 38.6. The number of carboxylic acid groups (broad SMARTS) is 1. The lowest BCUT2D eigenvalue weighted by Gasteiger charge is -2.30. The molecule has 2 unspecified atom stereocenters. The lowest BCUT2D eigenvalue weighted by molar-refractivity contribution is -0.438. The van der Waals surface area contributed by atoms with Crippen LogP contribution in [0.15, 0.2) is 82.3 Å². The Morgan fingerprint density at radius 1 is 0.762 bits per heavy atom. The number of hydrogen-bond donors (Lipinski definition) is 2. The van der Waals surface area contributed by atoms with Crippen molar-refractivity contribution in [3.8, 4) is 0 Å². The summed E-state index contributed by atoms with van der Waals surface area (Å²) in [7, 11) is -12.3. The number of benzene rings is 2. The fourth-order valence-electron chi connectivity index (χ4n) is 8.13. The molecule has 0 spiro atoms.